The Labute approximate surface area is 170 Å². The van der Waals surface area contributed by atoms with Gasteiger partial charge in [-0.1, -0.05) is 35.3 Å². The molecule has 0 saturated heterocycles. The molecule has 0 aliphatic heterocycles. The molecule has 8 heteroatoms. The van der Waals surface area contributed by atoms with Crippen LogP contribution in [0.2, 0.25) is 10.0 Å². The van der Waals surface area contributed by atoms with Crippen molar-refractivity contribution in [2.24, 2.45) is 5.73 Å². The van der Waals surface area contributed by atoms with Crippen LogP contribution in [-0.2, 0) is 22.7 Å². The standard InChI is InChI=1S/C10H9ClN2O.C10H8ClNO2/c11-8-2-1-7-3-4-13(6-10(12)14)9(7)5-8;11-8-2-1-7-3-4-12(6-10(13)14)9(7)5-8/h1-5H,6H2,(H2,12,14);1-5H,6H2,(H,13,14). The van der Waals surface area contributed by atoms with Crippen molar-refractivity contribution in [1.82, 2.24) is 9.13 Å². The number of carboxylic acids is 1. The van der Waals surface area contributed by atoms with Gasteiger partial charge in [0.05, 0.1) is 5.52 Å². The quantitative estimate of drug-likeness (QED) is 0.522. The van der Waals surface area contributed by atoms with Crippen molar-refractivity contribution in [2.75, 3.05) is 0 Å². The molecule has 3 N–H and O–H groups in total. The monoisotopic (exact) mass is 417 g/mol. The molecule has 6 nitrogen and oxygen atoms in total. The van der Waals surface area contributed by atoms with Crippen molar-refractivity contribution < 1.29 is 14.7 Å². The molecule has 0 aliphatic carbocycles. The summed E-state index contributed by atoms with van der Waals surface area (Å²) in [7, 11) is 0. The lowest BCUT2D eigenvalue weighted by Gasteiger charge is -2.01. The molecule has 0 radical (unpaired) electrons. The van der Waals surface area contributed by atoms with Gasteiger partial charge >= 0.3 is 5.97 Å². The van der Waals surface area contributed by atoms with Gasteiger partial charge in [-0.05, 0) is 47.2 Å². The van der Waals surface area contributed by atoms with Crippen molar-refractivity contribution >= 4 is 56.9 Å². The van der Waals surface area contributed by atoms with Crippen LogP contribution in [0.1, 0.15) is 0 Å². The van der Waals surface area contributed by atoms with E-state index < -0.39 is 5.97 Å². The Morgan fingerprint density at radius 1 is 0.821 bits per heavy atom. The zero-order chi connectivity index (χ0) is 20.3. The number of hydrogen-bond donors (Lipinski definition) is 2. The summed E-state index contributed by atoms with van der Waals surface area (Å²) in [5.74, 6) is -1.22. The Morgan fingerprint density at radius 3 is 1.71 bits per heavy atom. The number of amides is 1. The van der Waals surface area contributed by atoms with E-state index in [2.05, 4.69) is 0 Å². The van der Waals surface area contributed by atoms with Gasteiger partial charge in [0, 0.05) is 28.0 Å². The Hall–Kier alpha value is -2.96. The minimum absolute atomic E-state index is 0.0379. The van der Waals surface area contributed by atoms with E-state index in [1.54, 1.807) is 27.5 Å². The minimum Gasteiger partial charge on any atom is -0.480 e. The first-order chi connectivity index (χ1) is 13.3. The van der Waals surface area contributed by atoms with Crippen molar-refractivity contribution in [1.29, 1.82) is 0 Å². The zero-order valence-electron chi connectivity index (χ0n) is 14.7. The van der Waals surface area contributed by atoms with Gasteiger partial charge in [-0.2, -0.15) is 0 Å². The summed E-state index contributed by atoms with van der Waals surface area (Å²) in [5, 5.41) is 12.0. The van der Waals surface area contributed by atoms with Crippen molar-refractivity contribution in [3.8, 4) is 0 Å². The number of nitrogens with zero attached hydrogens (tertiary/aromatic N) is 2. The molecule has 144 valence electrons. The lowest BCUT2D eigenvalue weighted by atomic mass is 10.2. The fourth-order valence-electron chi connectivity index (χ4n) is 2.90. The summed E-state index contributed by atoms with van der Waals surface area (Å²) in [6.07, 6.45) is 3.57. The van der Waals surface area contributed by atoms with E-state index in [9.17, 15) is 9.59 Å². The molecule has 2 aromatic heterocycles. The second-order valence-corrected chi connectivity index (χ2v) is 7.03. The van der Waals surface area contributed by atoms with Crippen LogP contribution in [-0.4, -0.2) is 26.1 Å². The molecule has 4 rings (SSSR count). The van der Waals surface area contributed by atoms with Crippen LogP contribution in [0, 0.1) is 0 Å². The summed E-state index contributed by atoms with van der Waals surface area (Å²) in [6, 6.07) is 14.8. The second-order valence-electron chi connectivity index (χ2n) is 6.15. The molecule has 0 atom stereocenters. The number of rotatable bonds is 4. The van der Waals surface area contributed by atoms with Crippen molar-refractivity contribution in [3.63, 3.8) is 0 Å². The topological polar surface area (TPSA) is 90.2 Å². The number of carbonyl (C=O) groups excluding carboxylic acids is 1. The van der Waals surface area contributed by atoms with Crippen LogP contribution in [0.15, 0.2) is 60.9 Å². The molecule has 1 amide bonds. The van der Waals surface area contributed by atoms with Crippen LogP contribution < -0.4 is 5.73 Å². The van der Waals surface area contributed by atoms with Gasteiger partial charge in [0.2, 0.25) is 5.91 Å². The summed E-state index contributed by atoms with van der Waals surface area (Å²) in [5.41, 5.74) is 6.89. The SMILES string of the molecule is NC(=O)Cn1ccc2ccc(Cl)cc21.O=C(O)Cn1ccc2ccc(Cl)cc21. The Kier molecular flexibility index (Phi) is 5.92. The number of primary amides is 1. The van der Waals surface area contributed by atoms with E-state index >= 15 is 0 Å². The number of aromatic nitrogens is 2. The minimum atomic E-state index is -0.859. The fraction of sp³-hybridized carbons (Fsp3) is 0.100. The predicted octanol–water partition coefficient (Wildman–Crippen LogP) is 4.16. The smallest absolute Gasteiger partial charge is 0.323 e. The van der Waals surface area contributed by atoms with Crippen LogP contribution in [0.4, 0.5) is 0 Å². The molecule has 0 fully saturated rings. The molecule has 0 unspecified atom stereocenters. The first-order valence-corrected chi connectivity index (χ1v) is 9.08. The maximum Gasteiger partial charge on any atom is 0.323 e. The number of carboxylic acid groups (broad SMARTS) is 1. The van der Waals surface area contributed by atoms with E-state index in [4.69, 9.17) is 34.0 Å². The normalized spacial score (nSPS) is 10.6. The van der Waals surface area contributed by atoms with Gasteiger partial charge in [0.15, 0.2) is 0 Å². The second kappa shape index (κ2) is 8.37. The molecule has 0 spiro atoms. The molecular formula is C20H17Cl2N3O3. The Morgan fingerprint density at radius 2 is 1.29 bits per heavy atom. The van der Waals surface area contributed by atoms with E-state index in [0.717, 1.165) is 21.8 Å². The first kappa shape index (κ1) is 19.8. The summed E-state index contributed by atoms with van der Waals surface area (Å²) in [4.78, 5) is 21.3. The molecule has 2 heterocycles. The largest absolute Gasteiger partial charge is 0.480 e. The fourth-order valence-corrected chi connectivity index (χ4v) is 3.24. The van der Waals surface area contributed by atoms with Crippen LogP contribution >= 0.6 is 23.2 Å². The third-order valence-electron chi connectivity index (χ3n) is 4.10. The zero-order valence-corrected chi connectivity index (χ0v) is 16.2. The number of carbonyl (C=O) groups is 2. The van der Waals surface area contributed by atoms with E-state index in [0.29, 0.717) is 10.0 Å². The maximum atomic E-state index is 10.8. The lowest BCUT2D eigenvalue weighted by Crippen LogP contribution is -2.17. The highest BCUT2D eigenvalue weighted by Gasteiger charge is 2.05. The number of halogens is 2. The number of fused-ring (bicyclic) bond motifs is 2. The third kappa shape index (κ3) is 4.65. The summed E-state index contributed by atoms with van der Waals surface area (Å²) in [6.45, 7) is 0.147. The molecule has 4 aromatic rings. The first-order valence-electron chi connectivity index (χ1n) is 8.32. The molecule has 0 bridgehead atoms. The van der Waals surface area contributed by atoms with Crippen molar-refractivity contribution in [3.05, 3.63) is 71.0 Å². The number of benzene rings is 2. The van der Waals surface area contributed by atoms with E-state index in [-0.39, 0.29) is 19.0 Å². The molecular weight excluding hydrogens is 401 g/mol. The van der Waals surface area contributed by atoms with Gasteiger partial charge in [0.1, 0.15) is 13.1 Å². The number of aliphatic carboxylic acids is 1. The molecule has 0 saturated carbocycles. The van der Waals surface area contributed by atoms with Gasteiger partial charge in [-0.25, -0.2) is 0 Å². The van der Waals surface area contributed by atoms with Crippen LogP contribution in [0.5, 0.6) is 0 Å². The summed E-state index contributed by atoms with van der Waals surface area (Å²) >= 11 is 11.7. The Bertz CT molecular complexity index is 1070. The van der Waals surface area contributed by atoms with Crippen molar-refractivity contribution in [2.45, 2.75) is 13.1 Å². The third-order valence-corrected chi connectivity index (χ3v) is 4.57. The van der Waals surface area contributed by atoms with Crippen LogP contribution in [0.25, 0.3) is 21.8 Å². The van der Waals surface area contributed by atoms with Gasteiger partial charge in [-0.3, -0.25) is 9.59 Å². The summed E-state index contributed by atoms with van der Waals surface area (Å²) < 4.78 is 3.44. The maximum absolute atomic E-state index is 10.8. The van der Waals surface area contributed by atoms with Gasteiger partial charge < -0.3 is 20.0 Å². The lowest BCUT2D eigenvalue weighted by molar-refractivity contribution is -0.137. The predicted molar refractivity (Wildman–Crippen MR) is 111 cm³/mol. The van der Waals surface area contributed by atoms with E-state index in [1.807, 2.05) is 42.6 Å². The van der Waals surface area contributed by atoms with Gasteiger partial charge in [-0.15, -0.1) is 0 Å². The average molecular weight is 418 g/mol. The Balaban J connectivity index is 0.000000161. The van der Waals surface area contributed by atoms with Crippen LogP contribution in [0.3, 0.4) is 0 Å². The molecule has 2 aromatic carbocycles. The molecule has 0 aliphatic rings. The average Bonchev–Trinajstić information content (AvgIpc) is 3.19. The highest BCUT2D eigenvalue weighted by molar-refractivity contribution is 6.31. The number of hydrogen-bond acceptors (Lipinski definition) is 2. The van der Waals surface area contributed by atoms with E-state index in [1.165, 1.54) is 0 Å². The molecule has 28 heavy (non-hydrogen) atoms. The van der Waals surface area contributed by atoms with Gasteiger partial charge in [0.25, 0.3) is 0 Å². The highest BCUT2D eigenvalue weighted by Crippen LogP contribution is 2.21. The number of nitrogens with two attached hydrogens (primary N) is 1. The highest BCUT2D eigenvalue weighted by atomic mass is 35.5.